The molecule has 1 atom stereocenters. The lowest BCUT2D eigenvalue weighted by molar-refractivity contribution is 0.131. The molecular weight excluding hydrogens is 332 g/mol. The van der Waals surface area contributed by atoms with Gasteiger partial charge in [-0.15, -0.1) is 15.3 Å². The van der Waals surface area contributed by atoms with E-state index in [-0.39, 0.29) is 6.04 Å². The molecule has 1 saturated carbocycles. The van der Waals surface area contributed by atoms with Crippen molar-refractivity contribution in [3.8, 4) is 0 Å². The van der Waals surface area contributed by atoms with Gasteiger partial charge in [-0.25, -0.2) is 0 Å². The Bertz CT molecular complexity index is 897. The number of nitrogens with zero attached hydrogens (tertiary/aromatic N) is 8. The zero-order valence-corrected chi connectivity index (χ0v) is 15.0. The van der Waals surface area contributed by atoms with E-state index in [1.54, 1.807) is 0 Å². The van der Waals surface area contributed by atoms with Crippen molar-refractivity contribution < 1.29 is 4.52 Å². The Hall–Kier alpha value is -2.55. The highest BCUT2D eigenvalue weighted by Gasteiger charge is 2.35. The maximum absolute atomic E-state index is 5.19. The summed E-state index contributed by atoms with van der Waals surface area (Å²) in [6, 6.07) is 4.58. The predicted molar refractivity (Wildman–Crippen MR) is 93.9 cm³/mol. The lowest BCUT2D eigenvalue weighted by Crippen LogP contribution is -2.59. The maximum atomic E-state index is 5.19. The molecule has 1 aliphatic carbocycles. The molecule has 26 heavy (non-hydrogen) atoms. The molecule has 0 bridgehead atoms. The Morgan fingerprint density at radius 1 is 1.23 bits per heavy atom. The van der Waals surface area contributed by atoms with Crippen LogP contribution in [0, 0.1) is 0 Å². The van der Waals surface area contributed by atoms with Crippen LogP contribution < -0.4 is 4.90 Å². The lowest BCUT2D eigenvalue weighted by Gasteiger charge is -2.45. The summed E-state index contributed by atoms with van der Waals surface area (Å²) in [6.07, 6.45) is 5.11. The second-order valence-corrected chi connectivity index (χ2v) is 7.33. The first kappa shape index (κ1) is 15.7. The third-order valence-corrected chi connectivity index (χ3v) is 5.85. The predicted octanol–water partition coefficient (Wildman–Crippen LogP) is 1.66. The molecule has 1 aliphatic heterocycles. The number of aromatic nitrogens is 6. The van der Waals surface area contributed by atoms with Gasteiger partial charge < -0.3 is 9.42 Å². The highest BCUT2D eigenvalue weighted by atomic mass is 16.5. The first-order valence-corrected chi connectivity index (χ1v) is 9.16. The fourth-order valence-electron chi connectivity index (χ4n) is 3.64. The molecule has 0 aromatic carbocycles. The summed E-state index contributed by atoms with van der Waals surface area (Å²) in [5.74, 6) is 3.15. The van der Waals surface area contributed by atoms with E-state index in [1.165, 1.54) is 25.6 Å². The van der Waals surface area contributed by atoms with Crippen molar-refractivity contribution >= 4 is 11.5 Å². The third-order valence-electron chi connectivity index (χ3n) is 5.85. The number of hydrogen-bond acceptors (Lipinski definition) is 8. The quantitative estimate of drug-likeness (QED) is 0.683. The number of likely N-dealkylation sites (N-methyl/N-ethyl adjacent to an activating group) is 1. The molecule has 0 spiro atoms. The summed E-state index contributed by atoms with van der Waals surface area (Å²) in [6.45, 7) is 3.94. The summed E-state index contributed by atoms with van der Waals surface area (Å²) in [4.78, 5) is 8.72. The van der Waals surface area contributed by atoms with E-state index in [1.807, 2.05) is 16.6 Å². The minimum atomic E-state index is 0.100. The van der Waals surface area contributed by atoms with Crippen molar-refractivity contribution in [2.45, 2.75) is 44.2 Å². The van der Waals surface area contributed by atoms with E-state index < -0.39 is 0 Å². The molecule has 0 radical (unpaired) electrons. The molecule has 2 aliphatic rings. The monoisotopic (exact) mass is 354 g/mol. The highest BCUT2D eigenvalue weighted by molar-refractivity contribution is 5.48. The Morgan fingerprint density at radius 2 is 2.08 bits per heavy atom. The van der Waals surface area contributed by atoms with Gasteiger partial charge in [-0.3, -0.25) is 4.90 Å². The average Bonchev–Trinajstić information content (AvgIpc) is 3.21. The van der Waals surface area contributed by atoms with Crippen LogP contribution in [0.25, 0.3) is 5.65 Å². The van der Waals surface area contributed by atoms with Crippen molar-refractivity contribution in [3.05, 3.63) is 30.2 Å². The maximum Gasteiger partial charge on any atom is 0.243 e. The van der Waals surface area contributed by atoms with Crippen LogP contribution in [0.4, 0.5) is 5.82 Å². The summed E-state index contributed by atoms with van der Waals surface area (Å²) >= 11 is 0. The van der Waals surface area contributed by atoms with Crippen molar-refractivity contribution in [2.24, 2.45) is 0 Å². The Balaban J connectivity index is 1.30. The van der Waals surface area contributed by atoms with Crippen molar-refractivity contribution in [1.29, 1.82) is 0 Å². The molecule has 0 N–H and O–H groups in total. The van der Waals surface area contributed by atoms with Gasteiger partial charge >= 0.3 is 0 Å². The Morgan fingerprint density at radius 3 is 2.77 bits per heavy atom. The molecule has 3 aromatic heterocycles. The van der Waals surface area contributed by atoms with Crippen LogP contribution in [0.2, 0.25) is 0 Å². The second kappa shape index (κ2) is 6.01. The van der Waals surface area contributed by atoms with Gasteiger partial charge in [0.2, 0.25) is 5.89 Å². The van der Waals surface area contributed by atoms with Crippen molar-refractivity contribution in [1.82, 2.24) is 34.9 Å². The standard InChI is InChI=1S/C17H22N8O/c1-11(17-18-10-19-26-17)23(2)13-8-24(9-13)15-7-6-14-20-21-16(25(14)22-15)12-4-3-5-12/h6-7,10-13H,3-5,8-9H2,1-2H3. The first-order chi connectivity index (χ1) is 12.7. The normalized spacial score (nSPS) is 19.7. The Kier molecular flexibility index (Phi) is 3.63. The number of fused-ring (bicyclic) bond motifs is 1. The second-order valence-electron chi connectivity index (χ2n) is 7.33. The van der Waals surface area contributed by atoms with E-state index in [4.69, 9.17) is 9.62 Å². The highest BCUT2D eigenvalue weighted by Crippen LogP contribution is 2.35. The van der Waals surface area contributed by atoms with E-state index in [0.29, 0.717) is 17.9 Å². The number of rotatable bonds is 5. The van der Waals surface area contributed by atoms with Crippen LogP contribution in [0.15, 0.2) is 23.0 Å². The van der Waals surface area contributed by atoms with E-state index in [0.717, 1.165) is 30.4 Å². The van der Waals surface area contributed by atoms with Gasteiger partial charge in [-0.05, 0) is 38.9 Å². The fourth-order valence-corrected chi connectivity index (χ4v) is 3.64. The third kappa shape index (κ3) is 2.45. The van der Waals surface area contributed by atoms with E-state index in [2.05, 4.69) is 44.1 Å². The van der Waals surface area contributed by atoms with Gasteiger partial charge in [0.1, 0.15) is 5.82 Å². The number of hydrogen-bond donors (Lipinski definition) is 0. The van der Waals surface area contributed by atoms with Gasteiger partial charge in [0, 0.05) is 25.0 Å². The molecule has 9 heteroatoms. The smallest absolute Gasteiger partial charge is 0.243 e. The summed E-state index contributed by atoms with van der Waals surface area (Å²) in [5.41, 5.74) is 0.829. The molecule has 136 valence electrons. The zero-order valence-electron chi connectivity index (χ0n) is 15.0. The van der Waals surface area contributed by atoms with Crippen molar-refractivity contribution in [3.63, 3.8) is 0 Å². The average molecular weight is 354 g/mol. The summed E-state index contributed by atoms with van der Waals surface area (Å²) in [5, 5.41) is 17.1. The van der Waals surface area contributed by atoms with E-state index >= 15 is 0 Å². The molecular formula is C17H22N8O. The lowest BCUT2D eigenvalue weighted by atomic mass is 9.85. The minimum absolute atomic E-state index is 0.100. The molecule has 4 heterocycles. The van der Waals surface area contributed by atoms with Crippen LogP contribution in [-0.2, 0) is 0 Å². The topological polar surface area (TPSA) is 88.5 Å². The molecule has 1 saturated heterocycles. The van der Waals surface area contributed by atoms with Gasteiger partial charge in [-0.1, -0.05) is 11.6 Å². The first-order valence-electron chi connectivity index (χ1n) is 9.16. The minimum Gasteiger partial charge on any atom is -0.352 e. The molecule has 5 rings (SSSR count). The SMILES string of the molecule is CC(c1ncno1)N(C)C1CN(c2ccc3nnc(C4CCC4)n3n2)C1. The van der Waals surface area contributed by atoms with Crippen LogP contribution in [0.1, 0.15) is 49.9 Å². The van der Waals surface area contributed by atoms with Crippen LogP contribution >= 0.6 is 0 Å². The molecule has 9 nitrogen and oxygen atoms in total. The van der Waals surface area contributed by atoms with Crippen LogP contribution in [-0.4, -0.2) is 61.0 Å². The van der Waals surface area contributed by atoms with Gasteiger partial charge in [0.15, 0.2) is 17.8 Å². The van der Waals surface area contributed by atoms with Crippen molar-refractivity contribution in [2.75, 3.05) is 25.0 Å². The Labute approximate surface area is 151 Å². The van der Waals surface area contributed by atoms with Gasteiger partial charge in [0.25, 0.3) is 0 Å². The number of anilines is 1. The molecule has 2 fully saturated rings. The van der Waals surface area contributed by atoms with Gasteiger partial charge in [0.05, 0.1) is 6.04 Å². The molecule has 0 amide bonds. The molecule has 1 unspecified atom stereocenters. The van der Waals surface area contributed by atoms with Crippen LogP contribution in [0.3, 0.4) is 0 Å². The van der Waals surface area contributed by atoms with E-state index in [9.17, 15) is 0 Å². The fraction of sp³-hybridized carbons (Fsp3) is 0.588. The van der Waals surface area contributed by atoms with Crippen LogP contribution in [0.5, 0.6) is 0 Å². The zero-order chi connectivity index (χ0) is 17.7. The molecule has 3 aromatic rings. The summed E-state index contributed by atoms with van der Waals surface area (Å²) < 4.78 is 7.12. The van der Waals surface area contributed by atoms with Gasteiger partial charge in [-0.2, -0.15) is 9.50 Å². The summed E-state index contributed by atoms with van der Waals surface area (Å²) in [7, 11) is 2.10. The largest absolute Gasteiger partial charge is 0.352 e.